The summed E-state index contributed by atoms with van der Waals surface area (Å²) in [5, 5.41) is 14.9. The fourth-order valence-corrected chi connectivity index (χ4v) is 3.44. The van der Waals surface area contributed by atoms with Crippen LogP contribution in [0.1, 0.15) is 36.0 Å². The fourth-order valence-electron chi connectivity index (χ4n) is 3.44. The zero-order valence-corrected chi connectivity index (χ0v) is 14.9. The van der Waals surface area contributed by atoms with Gasteiger partial charge in [-0.05, 0) is 43.2 Å². The van der Waals surface area contributed by atoms with Crippen LogP contribution in [-0.2, 0) is 9.59 Å². The number of hydrogen-bond donors (Lipinski definition) is 3. The minimum atomic E-state index is -0.918. The van der Waals surface area contributed by atoms with Crippen LogP contribution in [0.15, 0.2) is 54.6 Å². The Morgan fingerprint density at radius 3 is 2.11 bits per heavy atom. The molecule has 1 aliphatic carbocycles. The number of anilines is 2. The van der Waals surface area contributed by atoms with Crippen LogP contribution in [0.2, 0.25) is 0 Å². The van der Waals surface area contributed by atoms with Crippen LogP contribution in [0.3, 0.4) is 0 Å². The van der Waals surface area contributed by atoms with Gasteiger partial charge in [0.2, 0.25) is 5.91 Å². The van der Waals surface area contributed by atoms with Crippen molar-refractivity contribution in [3.05, 3.63) is 60.2 Å². The van der Waals surface area contributed by atoms with Crippen LogP contribution in [0.4, 0.5) is 11.4 Å². The zero-order valence-electron chi connectivity index (χ0n) is 14.9. The molecule has 2 unspecified atom stereocenters. The highest BCUT2D eigenvalue weighted by Gasteiger charge is 2.35. The monoisotopic (exact) mass is 366 g/mol. The Hall–Kier alpha value is -3.15. The van der Waals surface area contributed by atoms with E-state index in [0.29, 0.717) is 29.8 Å². The number of carboxylic acid groups (broad SMARTS) is 1. The number of aliphatic carboxylic acids is 1. The summed E-state index contributed by atoms with van der Waals surface area (Å²) in [5.41, 5.74) is 1.62. The second-order valence-electron chi connectivity index (χ2n) is 6.73. The highest BCUT2D eigenvalue weighted by Crippen LogP contribution is 2.31. The molecule has 1 fully saturated rings. The predicted molar refractivity (Wildman–Crippen MR) is 103 cm³/mol. The van der Waals surface area contributed by atoms with Gasteiger partial charge >= 0.3 is 5.97 Å². The van der Waals surface area contributed by atoms with Gasteiger partial charge in [0.15, 0.2) is 0 Å². The Morgan fingerprint density at radius 2 is 1.44 bits per heavy atom. The molecule has 6 heteroatoms. The topological polar surface area (TPSA) is 95.5 Å². The molecular formula is C21H22N2O4. The van der Waals surface area contributed by atoms with Gasteiger partial charge in [-0.15, -0.1) is 0 Å². The molecule has 2 amide bonds. The summed E-state index contributed by atoms with van der Waals surface area (Å²) in [6.45, 7) is 0. The Bertz CT molecular complexity index is 835. The molecule has 0 aromatic heterocycles. The summed E-state index contributed by atoms with van der Waals surface area (Å²) in [6, 6.07) is 15.7. The lowest BCUT2D eigenvalue weighted by Crippen LogP contribution is -2.36. The lowest BCUT2D eigenvalue weighted by molar-refractivity contribution is -0.147. The smallest absolute Gasteiger partial charge is 0.307 e. The Labute approximate surface area is 157 Å². The quantitative estimate of drug-likeness (QED) is 0.751. The van der Waals surface area contributed by atoms with Crippen molar-refractivity contribution in [1.82, 2.24) is 0 Å². The van der Waals surface area contributed by atoms with Gasteiger partial charge in [-0.25, -0.2) is 0 Å². The number of rotatable bonds is 5. The van der Waals surface area contributed by atoms with Crippen LogP contribution >= 0.6 is 0 Å². The van der Waals surface area contributed by atoms with Crippen molar-refractivity contribution in [1.29, 1.82) is 0 Å². The van der Waals surface area contributed by atoms with Crippen LogP contribution in [0.5, 0.6) is 0 Å². The third-order valence-corrected chi connectivity index (χ3v) is 4.84. The molecular weight excluding hydrogens is 344 g/mol. The van der Waals surface area contributed by atoms with E-state index in [-0.39, 0.29) is 11.8 Å². The second-order valence-corrected chi connectivity index (χ2v) is 6.73. The highest BCUT2D eigenvalue weighted by atomic mass is 16.4. The van der Waals surface area contributed by atoms with Gasteiger partial charge in [-0.2, -0.15) is 0 Å². The fraction of sp³-hybridized carbons (Fsp3) is 0.286. The van der Waals surface area contributed by atoms with E-state index in [1.807, 2.05) is 6.07 Å². The first kappa shape index (κ1) is 18.6. The summed E-state index contributed by atoms with van der Waals surface area (Å²) in [6.07, 6.45) is 2.80. The standard InChI is InChI=1S/C21H22N2O4/c24-19(14-7-2-1-3-8-14)22-15-9-6-10-16(13-15)23-20(25)17-11-4-5-12-18(17)21(26)27/h1-3,6-10,13,17-18H,4-5,11-12H2,(H,22,24)(H,23,25)(H,26,27). The van der Waals surface area contributed by atoms with E-state index in [2.05, 4.69) is 10.6 Å². The van der Waals surface area contributed by atoms with Crippen LogP contribution in [-0.4, -0.2) is 22.9 Å². The van der Waals surface area contributed by atoms with Gasteiger partial charge in [-0.3, -0.25) is 14.4 Å². The molecule has 1 aliphatic rings. The SMILES string of the molecule is O=C(Nc1cccc(NC(=O)C2CCCCC2C(=O)O)c1)c1ccccc1. The van der Waals surface area contributed by atoms with Gasteiger partial charge in [0, 0.05) is 16.9 Å². The van der Waals surface area contributed by atoms with Gasteiger partial charge in [0.05, 0.1) is 11.8 Å². The van der Waals surface area contributed by atoms with E-state index in [0.717, 1.165) is 12.8 Å². The maximum absolute atomic E-state index is 12.6. The third kappa shape index (κ3) is 4.73. The first-order valence-corrected chi connectivity index (χ1v) is 9.05. The first-order valence-electron chi connectivity index (χ1n) is 9.05. The maximum atomic E-state index is 12.6. The van der Waals surface area contributed by atoms with Gasteiger partial charge in [-0.1, -0.05) is 37.1 Å². The maximum Gasteiger partial charge on any atom is 0.307 e. The molecule has 27 heavy (non-hydrogen) atoms. The molecule has 0 aliphatic heterocycles. The van der Waals surface area contributed by atoms with Crippen molar-refractivity contribution in [2.45, 2.75) is 25.7 Å². The molecule has 2 aromatic carbocycles. The highest BCUT2D eigenvalue weighted by molar-refractivity contribution is 6.04. The molecule has 0 bridgehead atoms. The van der Waals surface area contributed by atoms with Crippen molar-refractivity contribution in [3.63, 3.8) is 0 Å². The number of carboxylic acids is 1. The number of carbonyl (C=O) groups excluding carboxylic acids is 2. The molecule has 0 heterocycles. The van der Waals surface area contributed by atoms with Gasteiger partial charge < -0.3 is 15.7 Å². The summed E-state index contributed by atoms with van der Waals surface area (Å²) in [5.74, 6) is -2.61. The first-order chi connectivity index (χ1) is 13.0. The summed E-state index contributed by atoms with van der Waals surface area (Å²) >= 11 is 0. The molecule has 1 saturated carbocycles. The second kappa shape index (κ2) is 8.49. The molecule has 2 aromatic rings. The third-order valence-electron chi connectivity index (χ3n) is 4.84. The lowest BCUT2D eigenvalue weighted by atomic mass is 9.78. The minimum Gasteiger partial charge on any atom is -0.481 e. The number of benzene rings is 2. The number of carbonyl (C=O) groups is 3. The molecule has 3 N–H and O–H groups in total. The lowest BCUT2D eigenvalue weighted by Gasteiger charge is -2.27. The van der Waals surface area contributed by atoms with Crippen molar-refractivity contribution in [2.75, 3.05) is 10.6 Å². The van der Waals surface area contributed by atoms with E-state index in [9.17, 15) is 19.5 Å². The van der Waals surface area contributed by atoms with Crippen LogP contribution in [0, 0.1) is 11.8 Å². The Kier molecular flexibility index (Phi) is 5.86. The van der Waals surface area contributed by atoms with E-state index in [1.165, 1.54) is 0 Å². The molecule has 6 nitrogen and oxygen atoms in total. The minimum absolute atomic E-state index is 0.239. The number of amides is 2. The molecule has 0 saturated heterocycles. The summed E-state index contributed by atoms with van der Waals surface area (Å²) in [4.78, 5) is 36.2. The predicted octanol–water partition coefficient (Wildman–Crippen LogP) is 3.77. The van der Waals surface area contributed by atoms with Gasteiger partial charge in [0.25, 0.3) is 5.91 Å². The van der Waals surface area contributed by atoms with E-state index in [4.69, 9.17) is 0 Å². The average Bonchev–Trinajstić information content (AvgIpc) is 2.69. The molecule has 3 rings (SSSR count). The van der Waals surface area contributed by atoms with E-state index in [1.54, 1.807) is 48.5 Å². The van der Waals surface area contributed by atoms with Crippen LogP contribution < -0.4 is 10.6 Å². The normalized spacial score (nSPS) is 19.1. The summed E-state index contributed by atoms with van der Waals surface area (Å²) in [7, 11) is 0. The molecule has 2 atom stereocenters. The molecule has 140 valence electrons. The van der Waals surface area contributed by atoms with Crippen molar-refractivity contribution >= 4 is 29.2 Å². The Balaban J connectivity index is 1.67. The average molecular weight is 366 g/mol. The van der Waals surface area contributed by atoms with Crippen molar-refractivity contribution < 1.29 is 19.5 Å². The zero-order chi connectivity index (χ0) is 19.2. The van der Waals surface area contributed by atoms with E-state index < -0.39 is 17.8 Å². The molecule has 0 radical (unpaired) electrons. The van der Waals surface area contributed by atoms with Crippen LogP contribution in [0.25, 0.3) is 0 Å². The van der Waals surface area contributed by atoms with Crippen molar-refractivity contribution in [2.24, 2.45) is 11.8 Å². The molecule has 0 spiro atoms. The van der Waals surface area contributed by atoms with Gasteiger partial charge in [0.1, 0.15) is 0 Å². The Morgan fingerprint density at radius 1 is 0.815 bits per heavy atom. The largest absolute Gasteiger partial charge is 0.481 e. The number of nitrogens with one attached hydrogen (secondary N) is 2. The van der Waals surface area contributed by atoms with Crippen molar-refractivity contribution in [3.8, 4) is 0 Å². The van der Waals surface area contributed by atoms with E-state index >= 15 is 0 Å². The number of hydrogen-bond acceptors (Lipinski definition) is 3. The summed E-state index contributed by atoms with van der Waals surface area (Å²) < 4.78 is 0.